The van der Waals surface area contributed by atoms with E-state index in [2.05, 4.69) is 203 Å². The van der Waals surface area contributed by atoms with E-state index in [9.17, 15) is 0 Å². The first-order valence-corrected chi connectivity index (χ1v) is 19.5. The highest BCUT2D eigenvalue weighted by Crippen LogP contribution is 2.42. The maximum absolute atomic E-state index is 6.24. The van der Waals surface area contributed by atoms with Gasteiger partial charge in [0.2, 0.25) is 0 Å². The summed E-state index contributed by atoms with van der Waals surface area (Å²) in [5.41, 5.74) is 15.9. The zero-order valence-electron chi connectivity index (χ0n) is 30.9. The summed E-state index contributed by atoms with van der Waals surface area (Å²) in [7, 11) is 0. The van der Waals surface area contributed by atoms with E-state index in [0.717, 1.165) is 44.4 Å². The predicted molar refractivity (Wildman–Crippen MR) is 239 cm³/mol. The lowest BCUT2D eigenvalue weighted by atomic mass is 9.98. The molecule has 3 nitrogen and oxygen atoms in total. The van der Waals surface area contributed by atoms with Crippen molar-refractivity contribution in [1.82, 2.24) is 9.13 Å². The van der Waals surface area contributed by atoms with E-state index in [0.29, 0.717) is 0 Å². The normalized spacial score (nSPS) is 11.9. The van der Waals surface area contributed by atoms with Crippen molar-refractivity contribution in [3.63, 3.8) is 0 Å². The Kier molecular flexibility index (Phi) is 6.93. The summed E-state index contributed by atoms with van der Waals surface area (Å²) < 4.78 is 11.1. The van der Waals surface area contributed by atoms with Crippen LogP contribution < -0.4 is 0 Å². The molecule has 0 fully saturated rings. The first-order chi connectivity index (χ1) is 28.3. The first kappa shape index (κ1) is 31.7. The minimum atomic E-state index is 0.908. The van der Waals surface area contributed by atoms with Gasteiger partial charge in [-0.3, -0.25) is 0 Å². The highest BCUT2D eigenvalue weighted by Gasteiger charge is 2.19. The molecular formula is C54H34N2O. The van der Waals surface area contributed by atoms with Gasteiger partial charge in [-0.05, 0) is 106 Å². The van der Waals surface area contributed by atoms with Crippen LogP contribution in [-0.2, 0) is 0 Å². The van der Waals surface area contributed by atoms with E-state index in [4.69, 9.17) is 4.42 Å². The Bertz CT molecular complexity index is 3530. The van der Waals surface area contributed by atoms with Crippen molar-refractivity contribution in [2.45, 2.75) is 0 Å². The maximum atomic E-state index is 6.24. The highest BCUT2D eigenvalue weighted by molar-refractivity contribution is 6.17. The number of aromatic nitrogens is 2. The zero-order chi connectivity index (χ0) is 37.5. The van der Waals surface area contributed by atoms with E-state index in [1.807, 2.05) is 12.1 Å². The van der Waals surface area contributed by atoms with Crippen molar-refractivity contribution in [3.8, 4) is 44.8 Å². The molecule has 0 saturated heterocycles. The summed E-state index contributed by atoms with van der Waals surface area (Å²) >= 11 is 0. The Balaban J connectivity index is 0.994. The predicted octanol–water partition coefficient (Wildman–Crippen LogP) is 14.8. The van der Waals surface area contributed by atoms with Gasteiger partial charge in [-0.1, -0.05) is 133 Å². The summed E-state index contributed by atoms with van der Waals surface area (Å²) in [6, 6.07) is 74.5. The second kappa shape index (κ2) is 12.5. The van der Waals surface area contributed by atoms with Crippen molar-refractivity contribution >= 4 is 65.6 Å². The lowest BCUT2D eigenvalue weighted by Crippen LogP contribution is -1.94. The second-order valence-electron chi connectivity index (χ2n) is 14.9. The van der Waals surface area contributed by atoms with Gasteiger partial charge in [-0.15, -0.1) is 0 Å². The third-order valence-corrected chi connectivity index (χ3v) is 11.7. The van der Waals surface area contributed by atoms with Gasteiger partial charge in [0.05, 0.1) is 22.1 Å². The minimum absolute atomic E-state index is 0.908. The van der Waals surface area contributed by atoms with Gasteiger partial charge in [0.1, 0.15) is 11.2 Å². The number of furan rings is 1. The molecular weight excluding hydrogens is 693 g/mol. The molecule has 0 N–H and O–H groups in total. The molecule has 0 aliphatic heterocycles. The second-order valence-corrected chi connectivity index (χ2v) is 14.9. The number of nitrogens with zero attached hydrogens (tertiary/aromatic N) is 2. The van der Waals surface area contributed by atoms with Gasteiger partial charge in [0.15, 0.2) is 0 Å². The lowest BCUT2D eigenvalue weighted by Gasteiger charge is -2.12. The standard InChI is InChI=1S/C54H34N2O/c1-2-16-40(17-3-1)55-48-23-7-4-19-43(48)44-29-28-39(33-51(44)55)42-22-12-25-50-54(42)47-21-5-8-24-49(47)56(50)41-18-11-15-37(32-41)35-13-10-14-36(31-35)38-27-30-46-45-20-6-9-26-52(45)57-53(46)34-38/h1-34H. The molecule has 3 heterocycles. The fourth-order valence-electron chi connectivity index (χ4n) is 9.14. The summed E-state index contributed by atoms with van der Waals surface area (Å²) in [5.74, 6) is 0. The molecule has 0 aliphatic carbocycles. The largest absolute Gasteiger partial charge is 0.456 e. The monoisotopic (exact) mass is 726 g/mol. The molecule has 3 heteroatoms. The topological polar surface area (TPSA) is 23.0 Å². The zero-order valence-corrected chi connectivity index (χ0v) is 30.9. The third-order valence-electron chi connectivity index (χ3n) is 11.7. The van der Waals surface area contributed by atoms with Crippen molar-refractivity contribution < 1.29 is 4.42 Å². The van der Waals surface area contributed by atoms with Gasteiger partial charge >= 0.3 is 0 Å². The average molecular weight is 727 g/mol. The summed E-state index contributed by atoms with van der Waals surface area (Å²) in [5, 5.41) is 7.29. The molecule has 0 saturated carbocycles. The molecule has 0 amide bonds. The molecule has 0 bridgehead atoms. The SMILES string of the molecule is c1ccc(-n2c3ccccc3c3ccc(-c4cccc5c4c4ccccc4n5-c4cccc(-c5cccc(-c6ccc7c(c6)oc6ccccc67)c5)c4)cc32)cc1. The molecule has 0 aliphatic rings. The van der Waals surface area contributed by atoms with E-state index >= 15 is 0 Å². The van der Waals surface area contributed by atoms with Crippen molar-refractivity contribution in [2.75, 3.05) is 0 Å². The van der Waals surface area contributed by atoms with Crippen LogP contribution in [0.3, 0.4) is 0 Å². The van der Waals surface area contributed by atoms with Crippen LogP contribution in [0.15, 0.2) is 211 Å². The fraction of sp³-hybridized carbons (Fsp3) is 0. The molecule has 0 atom stereocenters. The molecule has 0 radical (unpaired) electrons. The molecule has 12 aromatic rings. The van der Waals surface area contributed by atoms with Gasteiger partial charge < -0.3 is 13.6 Å². The van der Waals surface area contributed by atoms with Crippen LogP contribution in [0.2, 0.25) is 0 Å². The van der Waals surface area contributed by atoms with Crippen LogP contribution in [0.5, 0.6) is 0 Å². The minimum Gasteiger partial charge on any atom is -0.456 e. The molecule has 57 heavy (non-hydrogen) atoms. The van der Waals surface area contributed by atoms with Gasteiger partial charge in [-0.2, -0.15) is 0 Å². The number of hydrogen-bond donors (Lipinski definition) is 0. The van der Waals surface area contributed by atoms with Crippen molar-refractivity contribution in [2.24, 2.45) is 0 Å². The van der Waals surface area contributed by atoms with Gasteiger partial charge in [0, 0.05) is 43.7 Å². The average Bonchev–Trinajstić information content (AvgIpc) is 3.94. The molecule has 266 valence electrons. The molecule has 0 unspecified atom stereocenters. The van der Waals surface area contributed by atoms with E-state index in [1.165, 1.54) is 65.9 Å². The van der Waals surface area contributed by atoms with Crippen molar-refractivity contribution in [3.05, 3.63) is 206 Å². The number of fused-ring (bicyclic) bond motifs is 9. The molecule has 0 spiro atoms. The molecule has 12 rings (SSSR count). The van der Waals surface area contributed by atoms with Crippen LogP contribution in [0, 0.1) is 0 Å². The summed E-state index contributed by atoms with van der Waals surface area (Å²) in [4.78, 5) is 0. The summed E-state index contributed by atoms with van der Waals surface area (Å²) in [6.45, 7) is 0. The van der Waals surface area contributed by atoms with Gasteiger partial charge in [0.25, 0.3) is 0 Å². The summed E-state index contributed by atoms with van der Waals surface area (Å²) in [6.07, 6.45) is 0. The van der Waals surface area contributed by atoms with Crippen LogP contribution in [-0.4, -0.2) is 9.13 Å². The van der Waals surface area contributed by atoms with E-state index in [1.54, 1.807) is 0 Å². The number of benzene rings is 9. The van der Waals surface area contributed by atoms with E-state index in [-0.39, 0.29) is 0 Å². The Labute approximate surface area is 328 Å². The number of hydrogen-bond acceptors (Lipinski definition) is 1. The third kappa shape index (κ3) is 4.92. The van der Waals surface area contributed by atoms with Gasteiger partial charge in [-0.25, -0.2) is 0 Å². The molecule has 9 aromatic carbocycles. The first-order valence-electron chi connectivity index (χ1n) is 19.5. The maximum Gasteiger partial charge on any atom is 0.136 e. The molecule has 3 aromatic heterocycles. The van der Waals surface area contributed by atoms with Crippen molar-refractivity contribution in [1.29, 1.82) is 0 Å². The Hall–Kier alpha value is -7.62. The fourth-order valence-corrected chi connectivity index (χ4v) is 9.14. The Morgan fingerprint density at radius 2 is 0.825 bits per heavy atom. The van der Waals surface area contributed by atoms with Crippen LogP contribution in [0.25, 0.3) is 110 Å². The van der Waals surface area contributed by atoms with Crippen LogP contribution in [0.1, 0.15) is 0 Å². The Morgan fingerprint density at radius 3 is 1.67 bits per heavy atom. The lowest BCUT2D eigenvalue weighted by molar-refractivity contribution is 0.669. The number of rotatable bonds is 5. The number of para-hydroxylation sites is 4. The van der Waals surface area contributed by atoms with Crippen LogP contribution in [0.4, 0.5) is 0 Å². The Morgan fingerprint density at radius 1 is 0.281 bits per heavy atom. The highest BCUT2D eigenvalue weighted by atomic mass is 16.3. The smallest absolute Gasteiger partial charge is 0.136 e. The van der Waals surface area contributed by atoms with Crippen LogP contribution >= 0.6 is 0 Å². The quantitative estimate of drug-likeness (QED) is 0.173. The van der Waals surface area contributed by atoms with E-state index < -0.39 is 0 Å².